The van der Waals surface area contributed by atoms with Gasteiger partial charge in [0.05, 0.1) is 47.8 Å². The fourth-order valence-electron chi connectivity index (χ4n) is 4.37. The van der Waals surface area contributed by atoms with Gasteiger partial charge in [-0.05, 0) is 37.2 Å². The normalized spacial score (nSPS) is 12.0. The van der Waals surface area contributed by atoms with E-state index in [-0.39, 0.29) is 6.61 Å². The number of ether oxygens (including phenoxy) is 2. The van der Waals surface area contributed by atoms with Crippen LogP contribution in [0.4, 0.5) is 0 Å². The highest BCUT2D eigenvalue weighted by Crippen LogP contribution is 2.36. The van der Waals surface area contributed by atoms with Crippen molar-refractivity contribution in [2.24, 2.45) is 0 Å². The summed E-state index contributed by atoms with van der Waals surface area (Å²) >= 11 is 6.82. The molecule has 3 aromatic heterocycles. The maximum atomic E-state index is 8.91. The van der Waals surface area contributed by atoms with E-state index in [0.717, 1.165) is 35.1 Å². The van der Waals surface area contributed by atoms with Crippen LogP contribution in [-0.4, -0.2) is 68.8 Å². The Morgan fingerprint density at radius 3 is 2.68 bits per heavy atom. The number of fused-ring (bicyclic) bond motifs is 2. The molecule has 0 saturated heterocycles. The molecule has 2 aromatic carbocycles. The van der Waals surface area contributed by atoms with Gasteiger partial charge < -0.3 is 24.5 Å². The Morgan fingerprint density at radius 2 is 1.88 bits per heavy atom. The van der Waals surface area contributed by atoms with Crippen molar-refractivity contribution in [1.82, 2.24) is 34.6 Å². The smallest absolute Gasteiger partial charge is 0.148 e. The number of aryl methyl sites for hydroxylation is 1. The number of nitrogens with zero attached hydrogens (tertiary/aromatic N) is 6. The molecular weight excluding hydrogens is 558 g/mol. The maximum absolute atomic E-state index is 8.91. The minimum Gasteiger partial charge on any atom is -0.456 e. The van der Waals surface area contributed by atoms with E-state index in [4.69, 9.17) is 31.2 Å². The van der Waals surface area contributed by atoms with Crippen LogP contribution in [0.5, 0.6) is 11.5 Å². The van der Waals surface area contributed by atoms with Crippen LogP contribution in [-0.2, 0) is 18.0 Å². The van der Waals surface area contributed by atoms with Crippen molar-refractivity contribution in [2.75, 3.05) is 26.3 Å². The number of rotatable bonds is 13. The number of hydrogen-bond acceptors (Lipinski definition) is 8. The molecule has 0 amide bonds. The van der Waals surface area contributed by atoms with Crippen molar-refractivity contribution < 1.29 is 14.6 Å². The number of imidazole rings is 1. The molecule has 0 aliphatic rings. The monoisotopic (exact) mass is 593 g/mol. The van der Waals surface area contributed by atoms with Gasteiger partial charge in [0.2, 0.25) is 0 Å². The second kappa shape index (κ2) is 12.7. The lowest BCUT2D eigenvalue weighted by Gasteiger charge is -2.16. The van der Waals surface area contributed by atoms with Gasteiger partial charge in [-0.2, -0.15) is 5.10 Å². The maximum Gasteiger partial charge on any atom is 0.148 e. The zero-order valence-electron chi connectivity index (χ0n) is 23.9. The van der Waals surface area contributed by atoms with Crippen LogP contribution in [0.2, 0.25) is 30.7 Å². The number of aromatic nitrogens is 6. The molecule has 0 aliphatic heterocycles. The van der Waals surface area contributed by atoms with E-state index in [0.29, 0.717) is 59.6 Å². The molecule has 2 N–H and O–H groups in total. The molecule has 10 nitrogen and oxygen atoms in total. The Kier molecular flexibility index (Phi) is 9.00. The number of aliphatic hydroxyl groups excluding tert-OH is 1. The number of halogens is 1. The summed E-state index contributed by atoms with van der Waals surface area (Å²) in [6.07, 6.45) is 5.39. The summed E-state index contributed by atoms with van der Waals surface area (Å²) in [7, 11) is -1.16. The van der Waals surface area contributed by atoms with Crippen molar-refractivity contribution >= 4 is 41.7 Å². The summed E-state index contributed by atoms with van der Waals surface area (Å²) in [6.45, 7) is 12.2. The second-order valence-electron chi connectivity index (χ2n) is 11.2. The van der Waals surface area contributed by atoms with Crippen molar-refractivity contribution in [3.8, 4) is 22.8 Å². The Bertz CT molecular complexity index is 1650. The number of aliphatic hydroxyl groups is 1. The van der Waals surface area contributed by atoms with Crippen LogP contribution in [0.3, 0.4) is 0 Å². The zero-order chi connectivity index (χ0) is 29.0. The van der Waals surface area contributed by atoms with E-state index in [2.05, 4.69) is 44.6 Å². The largest absolute Gasteiger partial charge is 0.456 e. The van der Waals surface area contributed by atoms with Gasteiger partial charge >= 0.3 is 0 Å². The van der Waals surface area contributed by atoms with Gasteiger partial charge in [0.15, 0.2) is 0 Å². The lowest BCUT2D eigenvalue weighted by Crippen LogP contribution is -2.23. The van der Waals surface area contributed by atoms with Crippen LogP contribution >= 0.6 is 11.6 Å². The van der Waals surface area contributed by atoms with Gasteiger partial charge in [-0.25, -0.2) is 9.97 Å². The van der Waals surface area contributed by atoms with Crippen molar-refractivity contribution in [3.05, 3.63) is 59.8 Å². The molecule has 0 spiro atoms. The summed E-state index contributed by atoms with van der Waals surface area (Å²) in [4.78, 5) is 14.0. The van der Waals surface area contributed by atoms with E-state index >= 15 is 0 Å². The van der Waals surface area contributed by atoms with Crippen molar-refractivity contribution in [2.45, 2.75) is 45.9 Å². The average Bonchev–Trinajstić information content (AvgIpc) is 3.54. The highest BCUT2D eigenvalue weighted by atomic mass is 35.5. The van der Waals surface area contributed by atoms with E-state index in [1.807, 2.05) is 48.1 Å². The number of benzene rings is 2. The molecule has 0 aliphatic carbocycles. The Hall–Kier alpha value is -3.35. The summed E-state index contributed by atoms with van der Waals surface area (Å²) in [5.74, 6) is 2.02. The highest BCUT2D eigenvalue weighted by molar-refractivity contribution is 6.76. The van der Waals surface area contributed by atoms with Gasteiger partial charge in [0.1, 0.15) is 34.6 Å². The third-order valence-corrected chi connectivity index (χ3v) is 8.78. The number of nitrogens with one attached hydrogen (secondary N) is 1. The average molecular weight is 594 g/mol. The van der Waals surface area contributed by atoms with Gasteiger partial charge in [-0.15, -0.1) is 0 Å². The summed E-state index contributed by atoms with van der Waals surface area (Å²) in [6, 6.07) is 10.6. The van der Waals surface area contributed by atoms with Crippen LogP contribution < -0.4 is 10.1 Å². The van der Waals surface area contributed by atoms with Gasteiger partial charge in [-0.3, -0.25) is 9.67 Å². The lowest BCUT2D eigenvalue weighted by atomic mass is 10.2. The molecule has 5 rings (SSSR count). The molecule has 0 fully saturated rings. The zero-order valence-corrected chi connectivity index (χ0v) is 25.6. The molecule has 216 valence electrons. The van der Waals surface area contributed by atoms with E-state index in [1.165, 1.54) is 0 Å². The molecule has 0 atom stereocenters. The quantitative estimate of drug-likeness (QED) is 0.136. The first-order valence-electron chi connectivity index (χ1n) is 13.7. The topological polar surface area (TPSA) is 112 Å². The van der Waals surface area contributed by atoms with E-state index in [9.17, 15) is 0 Å². The fourth-order valence-corrected chi connectivity index (χ4v) is 5.37. The minimum atomic E-state index is -1.16. The third kappa shape index (κ3) is 7.11. The Labute approximate surface area is 245 Å². The first kappa shape index (κ1) is 29.1. The summed E-state index contributed by atoms with van der Waals surface area (Å²) in [5.41, 5.74) is 4.55. The van der Waals surface area contributed by atoms with E-state index < -0.39 is 8.07 Å². The van der Waals surface area contributed by atoms with E-state index in [1.54, 1.807) is 12.4 Å². The van der Waals surface area contributed by atoms with Crippen LogP contribution in [0.25, 0.3) is 33.3 Å². The Balaban J connectivity index is 1.35. The standard InChI is InChI=1S/C29H36ClN7O3Si/c1-20-34-23-6-5-22(15-26(23)37(20)19-39-13-14-41(2,3)4)40-27-8-7-24-29(28(27)30)35-25(17-32-24)21-16-33-36(18-21)11-9-31-10-12-38/h5-8,15-18,31,38H,9-14,19H2,1-4H3. The van der Waals surface area contributed by atoms with Gasteiger partial charge in [0.25, 0.3) is 0 Å². The fraction of sp³-hybridized carbons (Fsp3) is 0.379. The second-order valence-corrected chi connectivity index (χ2v) is 17.2. The molecular formula is C29H36ClN7O3Si. The van der Waals surface area contributed by atoms with Crippen molar-refractivity contribution in [1.29, 1.82) is 0 Å². The molecule has 12 heteroatoms. The van der Waals surface area contributed by atoms with Crippen LogP contribution in [0.15, 0.2) is 48.9 Å². The van der Waals surface area contributed by atoms with Gasteiger partial charge in [0, 0.05) is 45.6 Å². The molecule has 0 radical (unpaired) electrons. The SMILES string of the molecule is Cc1nc2ccc(Oc3ccc4ncc(-c5cnn(CCNCCO)c5)nc4c3Cl)cc2n1COCC[Si](C)(C)C. The van der Waals surface area contributed by atoms with Crippen LogP contribution in [0, 0.1) is 6.92 Å². The highest BCUT2D eigenvalue weighted by Gasteiger charge is 2.16. The number of hydrogen-bond donors (Lipinski definition) is 2. The lowest BCUT2D eigenvalue weighted by molar-refractivity contribution is 0.0885. The van der Waals surface area contributed by atoms with Gasteiger partial charge in [-0.1, -0.05) is 31.2 Å². The minimum absolute atomic E-state index is 0.108. The predicted octanol–water partition coefficient (Wildman–Crippen LogP) is 5.49. The third-order valence-electron chi connectivity index (χ3n) is 6.71. The Morgan fingerprint density at radius 1 is 1.05 bits per heavy atom. The molecule has 5 aromatic rings. The molecule has 0 saturated carbocycles. The molecule has 0 unspecified atom stereocenters. The first-order valence-corrected chi connectivity index (χ1v) is 17.8. The molecule has 3 heterocycles. The van der Waals surface area contributed by atoms with Crippen LogP contribution in [0.1, 0.15) is 5.82 Å². The first-order chi connectivity index (χ1) is 19.7. The molecule has 41 heavy (non-hydrogen) atoms. The predicted molar refractivity (Wildman–Crippen MR) is 164 cm³/mol. The summed E-state index contributed by atoms with van der Waals surface area (Å²) < 4.78 is 16.2. The van der Waals surface area contributed by atoms with Crippen molar-refractivity contribution in [3.63, 3.8) is 0 Å². The molecule has 0 bridgehead atoms. The summed E-state index contributed by atoms with van der Waals surface area (Å²) in [5, 5.41) is 16.8.